The number of hydrogen-bond donors (Lipinski definition) is 1. The minimum Gasteiger partial charge on any atom is -0.362 e. The summed E-state index contributed by atoms with van der Waals surface area (Å²) in [6.07, 6.45) is 4.09. The van der Waals surface area contributed by atoms with E-state index in [1.54, 1.807) is 19.4 Å². The van der Waals surface area contributed by atoms with E-state index in [0.717, 1.165) is 34.6 Å². The number of benzene rings is 1. The predicted octanol–water partition coefficient (Wildman–Crippen LogP) is 3.01. The van der Waals surface area contributed by atoms with Crippen LogP contribution in [-0.4, -0.2) is 53.1 Å². The molecular weight excluding hydrogens is 388 g/mol. The van der Waals surface area contributed by atoms with Crippen molar-refractivity contribution in [2.75, 3.05) is 26.7 Å². The zero-order valence-electron chi connectivity index (χ0n) is 18.0. The van der Waals surface area contributed by atoms with Crippen molar-refractivity contribution in [3.05, 3.63) is 83.9 Å². The third-order valence-corrected chi connectivity index (χ3v) is 5.69. The molecule has 1 aliphatic rings. The van der Waals surface area contributed by atoms with E-state index in [1.807, 2.05) is 37.3 Å². The van der Waals surface area contributed by atoms with Gasteiger partial charge in [0.25, 0.3) is 5.91 Å². The Morgan fingerprint density at radius 3 is 2.55 bits per heavy atom. The Balaban J connectivity index is 1.53. The number of morpholine rings is 1. The van der Waals surface area contributed by atoms with Crippen LogP contribution in [0.4, 0.5) is 0 Å². The Morgan fingerprint density at radius 2 is 1.84 bits per heavy atom. The topological polar surface area (TPSA) is 67.4 Å². The van der Waals surface area contributed by atoms with Gasteiger partial charge >= 0.3 is 0 Å². The van der Waals surface area contributed by atoms with E-state index in [4.69, 9.17) is 4.74 Å². The van der Waals surface area contributed by atoms with E-state index in [2.05, 4.69) is 44.5 Å². The monoisotopic (exact) mass is 416 g/mol. The molecule has 0 spiro atoms. The summed E-state index contributed by atoms with van der Waals surface area (Å²) in [5, 5.41) is 2.81. The first kappa shape index (κ1) is 21.2. The van der Waals surface area contributed by atoms with Gasteiger partial charge < -0.3 is 10.1 Å². The lowest BCUT2D eigenvalue weighted by atomic mass is 9.90. The van der Waals surface area contributed by atoms with E-state index in [0.29, 0.717) is 26.1 Å². The van der Waals surface area contributed by atoms with Crippen molar-refractivity contribution in [3.8, 4) is 11.1 Å². The number of pyridine rings is 2. The molecule has 3 heterocycles. The number of likely N-dealkylation sites (N-methyl/N-ethyl adjacent to an activating group) is 1. The van der Waals surface area contributed by atoms with E-state index in [-0.39, 0.29) is 5.91 Å². The fourth-order valence-electron chi connectivity index (χ4n) is 4.15. The summed E-state index contributed by atoms with van der Waals surface area (Å²) >= 11 is 0. The largest absolute Gasteiger partial charge is 0.362 e. The summed E-state index contributed by atoms with van der Waals surface area (Å²) < 4.78 is 6.15. The van der Waals surface area contributed by atoms with Crippen LogP contribution in [0.1, 0.15) is 17.0 Å². The van der Waals surface area contributed by atoms with Crippen molar-refractivity contribution in [2.24, 2.45) is 0 Å². The number of carbonyl (C=O) groups is 1. The third kappa shape index (κ3) is 4.98. The molecule has 1 atom stereocenters. The molecule has 0 unspecified atom stereocenters. The van der Waals surface area contributed by atoms with Crippen LogP contribution in [0.15, 0.2) is 67.0 Å². The summed E-state index contributed by atoms with van der Waals surface area (Å²) in [6.45, 7) is 4.50. The highest BCUT2D eigenvalue weighted by Gasteiger charge is 2.43. The molecule has 3 aromatic rings. The van der Waals surface area contributed by atoms with Gasteiger partial charge in [-0.3, -0.25) is 19.7 Å². The number of ether oxygens (including phenoxy) is 1. The molecule has 6 nitrogen and oxygen atoms in total. The number of carbonyl (C=O) groups excluding carboxylic acids is 1. The molecule has 1 N–H and O–H groups in total. The van der Waals surface area contributed by atoms with E-state index in [1.165, 1.54) is 0 Å². The number of aromatic nitrogens is 2. The zero-order valence-corrected chi connectivity index (χ0v) is 18.0. The second-order valence-corrected chi connectivity index (χ2v) is 8.01. The van der Waals surface area contributed by atoms with Crippen molar-refractivity contribution in [2.45, 2.75) is 25.5 Å². The van der Waals surface area contributed by atoms with Gasteiger partial charge in [0.15, 0.2) is 5.60 Å². The first-order valence-electron chi connectivity index (χ1n) is 10.6. The van der Waals surface area contributed by atoms with E-state index >= 15 is 0 Å². The zero-order chi connectivity index (χ0) is 21.7. The van der Waals surface area contributed by atoms with Crippen molar-refractivity contribution >= 4 is 5.91 Å². The SMILES string of the molecule is CNC(=O)[C@]1(Cc2ccc(-c3ccncc3)cc2)CN(Cc2cccc(C)n2)CCO1. The molecule has 1 aliphatic heterocycles. The molecule has 1 fully saturated rings. The van der Waals surface area contributed by atoms with Gasteiger partial charge in [0.1, 0.15) is 0 Å². The number of amides is 1. The molecule has 1 amide bonds. The maximum Gasteiger partial charge on any atom is 0.253 e. The maximum atomic E-state index is 12.9. The normalized spacial score (nSPS) is 19.2. The van der Waals surface area contributed by atoms with Gasteiger partial charge in [-0.1, -0.05) is 30.3 Å². The molecule has 0 saturated carbocycles. The quantitative estimate of drug-likeness (QED) is 0.669. The van der Waals surface area contributed by atoms with Crippen molar-refractivity contribution in [3.63, 3.8) is 0 Å². The molecule has 0 bridgehead atoms. The Labute approximate surface area is 183 Å². The van der Waals surface area contributed by atoms with Gasteiger partial charge in [0, 0.05) is 51.2 Å². The van der Waals surface area contributed by atoms with Crippen molar-refractivity contribution < 1.29 is 9.53 Å². The smallest absolute Gasteiger partial charge is 0.253 e. The predicted molar refractivity (Wildman–Crippen MR) is 120 cm³/mol. The number of rotatable bonds is 6. The Hall–Kier alpha value is -3.09. The van der Waals surface area contributed by atoms with E-state index < -0.39 is 5.60 Å². The molecule has 0 aliphatic carbocycles. The van der Waals surface area contributed by atoms with E-state index in [9.17, 15) is 4.79 Å². The van der Waals surface area contributed by atoms with Gasteiger partial charge in [-0.25, -0.2) is 0 Å². The average Bonchev–Trinajstić information content (AvgIpc) is 2.80. The van der Waals surface area contributed by atoms with Gasteiger partial charge in [-0.2, -0.15) is 0 Å². The Morgan fingerprint density at radius 1 is 1.10 bits per heavy atom. The number of aryl methyl sites for hydroxylation is 1. The molecule has 1 saturated heterocycles. The minimum atomic E-state index is -0.922. The lowest BCUT2D eigenvalue weighted by Crippen LogP contribution is -2.60. The summed E-state index contributed by atoms with van der Waals surface area (Å²) in [4.78, 5) is 23.9. The van der Waals surface area contributed by atoms with Gasteiger partial charge in [-0.05, 0) is 47.9 Å². The van der Waals surface area contributed by atoms with Gasteiger partial charge in [0.2, 0.25) is 0 Å². The Bertz CT molecular complexity index is 1020. The fourth-order valence-corrected chi connectivity index (χ4v) is 4.15. The molecule has 160 valence electrons. The van der Waals surface area contributed by atoms with Gasteiger partial charge in [-0.15, -0.1) is 0 Å². The summed E-state index contributed by atoms with van der Waals surface area (Å²) in [5.74, 6) is -0.0902. The highest BCUT2D eigenvalue weighted by atomic mass is 16.5. The van der Waals surface area contributed by atoms with Crippen LogP contribution in [0.5, 0.6) is 0 Å². The van der Waals surface area contributed by atoms with Crippen LogP contribution in [0, 0.1) is 6.92 Å². The third-order valence-electron chi connectivity index (χ3n) is 5.69. The summed E-state index contributed by atoms with van der Waals surface area (Å²) in [5.41, 5.74) is 4.39. The molecule has 1 aromatic carbocycles. The van der Waals surface area contributed by atoms with Crippen LogP contribution >= 0.6 is 0 Å². The molecule has 2 aromatic heterocycles. The lowest BCUT2D eigenvalue weighted by Gasteiger charge is -2.41. The maximum absolute atomic E-state index is 12.9. The number of nitrogens with one attached hydrogen (secondary N) is 1. The van der Waals surface area contributed by atoms with Crippen LogP contribution in [0.25, 0.3) is 11.1 Å². The summed E-state index contributed by atoms with van der Waals surface area (Å²) in [6, 6.07) is 18.3. The minimum absolute atomic E-state index is 0.0902. The number of nitrogens with zero attached hydrogens (tertiary/aromatic N) is 3. The first-order chi connectivity index (χ1) is 15.1. The molecule has 31 heavy (non-hydrogen) atoms. The second kappa shape index (κ2) is 9.37. The fraction of sp³-hybridized carbons (Fsp3) is 0.320. The van der Waals surface area contributed by atoms with Crippen LogP contribution in [0.2, 0.25) is 0 Å². The van der Waals surface area contributed by atoms with Crippen LogP contribution < -0.4 is 5.32 Å². The highest BCUT2D eigenvalue weighted by molar-refractivity contribution is 5.86. The molecular formula is C25H28N4O2. The highest BCUT2D eigenvalue weighted by Crippen LogP contribution is 2.26. The van der Waals surface area contributed by atoms with Crippen LogP contribution in [-0.2, 0) is 22.5 Å². The molecule has 4 rings (SSSR count). The Kier molecular flexibility index (Phi) is 6.39. The first-order valence-corrected chi connectivity index (χ1v) is 10.6. The summed E-state index contributed by atoms with van der Waals surface area (Å²) in [7, 11) is 1.67. The average molecular weight is 417 g/mol. The second-order valence-electron chi connectivity index (χ2n) is 8.01. The van der Waals surface area contributed by atoms with Gasteiger partial charge in [0.05, 0.1) is 12.3 Å². The molecule has 0 radical (unpaired) electrons. The lowest BCUT2D eigenvalue weighted by molar-refractivity contribution is -0.160. The standard InChI is InChI=1S/C25H28N4O2/c1-19-4-3-5-23(28-19)17-29-14-15-31-25(18-29,24(30)26-2)16-20-6-8-21(9-7-20)22-10-12-27-13-11-22/h3-13H,14-18H2,1-2H3,(H,26,30)/t25-/m0/s1. The van der Waals surface area contributed by atoms with Crippen LogP contribution in [0.3, 0.4) is 0 Å². The number of hydrogen-bond acceptors (Lipinski definition) is 5. The van der Waals surface area contributed by atoms with Crippen molar-refractivity contribution in [1.82, 2.24) is 20.2 Å². The molecule has 6 heteroatoms. The van der Waals surface area contributed by atoms with Crippen molar-refractivity contribution in [1.29, 1.82) is 0 Å².